The minimum Gasteiger partial charge on any atom is -0.460 e. The van der Waals surface area contributed by atoms with Crippen LogP contribution in [0.15, 0.2) is 5.11 Å². The van der Waals surface area contributed by atoms with Crippen LogP contribution in [0.25, 0.3) is 10.4 Å². The van der Waals surface area contributed by atoms with Crippen molar-refractivity contribution in [1.29, 1.82) is 0 Å². The summed E-state index contributed by atoms with van der Waals surface area (Å²) < 4.78 is 37.4. The van der Waals surface area contributed by atoms with Crippen molar-refractivity contribution < 1.29 is 47.6 Å². The van der Waals surface area contributed by atoms with Gasteiger partial charge in [-0.3, -0.25) is 19.3 Å². The van der Waals surface area contributed by atoms with E-state index in [4.69, 9.17) is 34.0 Å². The van der Waals surface area contributed by atoms with Crippen molar-refractivity contribution in [1.82, 2.24) is 9.80 Å². The van der Waals surface area contributed by atoms with Gasteiger partial charge in [0.1, 0.15) is 24.2 Å². The second-order valence-corrected chi connectivity index (χ2v) is 15.4. The zero-order chi connectivity index (χ0) is 38.4. The molecule has 15 heteroatoms. The lowest BCUT2D eigenvalue weighted by Gasteiger charge is -2.47. The smallest absolute Gasteiger partial charge is 0.411 e. The average Bonchev–Trinajstić information content (AvgIpc) is 3.34. The summed E-state index contributed by atoms with van der Waals surface area (Å²) in [6.45, 7) is 16.4. The molecule has 0 aromatic heterocycles. The fourth-order valence-electron chi connectivity index (χ4n) is 8.24. The highest BCUT2D eigenvalue weighted by Gasteiger charge is 2.60. The van der Waals surface area contributed by atoms with Gasteiger partial charge in [0.25, 0.3) is 0 Å². The molecular weight excluding hydrogens is 662 g/mol. The normalized spacial score (nSPS) is 40.0. The van der Waals surface area contributed by atoms with Crippen molar-refractivity contribution in [3.8, 4) is 0 Å². The Morgan fingerprint density at radius 1 is 1.02 bits per heavy atom. The predicted octanol–water partition coefficient (Wildman–Crippen LogP) is 5.28. The first kappa shape index (κ1) is 42.4. The van der Waals surface area contributed by atoms with E-state index in [0.29, 0.717) is 12.8 Å². The van der Waals surface area contributed by atoms with Gasteiger partial charge in [-0.15, -0.1) is 0 Å². The van der Waals surface area contributed by atoms with Crippen molar-refractivity contribution in [3.63, 3.8) is 0 Å². The highest BCUT2D eigenvalue weighted by atomic mass is 16.7. The number of esters is 2. The summed E-state index contributed by atoms with van der Waals surface area (Å²) in [5.74, 6) is -4.61. The van der Waals surface area contributed by atoms with E-state index in [9.17, 15) is 19.2 Å². The number of amides is 1. The maximum atomic E-state index is 14.3. The Kier molecular flexibility index (Phi) is 14.7. The Morgan fingerprint density at radius 2 is 1.69 bits per heavy atom. The molecule has 3 rings (SSSR count). The van der Waals surface area contributed by atoms with Crippen LogP contribution in [-0.2, 0) is 42.8 Å². The first-order valence-corrected chi connectivity index (χ1v) is 18.3. The Balaban J connectivity index is 2.07. The fourth-order valence-corrected chi connectivity index (χ4v) is 8.24. The summed E-state index contributed by atoms with van der Waals surface area (Å²) >= 11 is 0. The van der Waals surface area contributed by atoms with Gasteiger partial charge in [-0.05, 0) is 86.3 Å². The SMILES string of the molecule is CC[C@H]1OC(=O)[C@H](C)C(=O)[C@H](C)[C@@H](OC2OC(C)CC(N(C)C)C2C)[C@](C)(OC)C[C@@H](C)C(=O)O[C@H](C)[C@H]2N(CCCCN=[N+]=[N-])C(=O)O[C@]12C. The molecule has 0 saturated carbocycles. The van der Waals surface area contributed by atoms with Gasteiger partial charge in [-0.25, -0.2) is 4.79 Å². The van der Waals surface area contributed by atoms with Crippen LogP contribution in [0.5, 0.6) is 0 Å². The van der Waals surface area contributed by atoms with Crippen LogP contribution in [0.1, 0.15) is 94.4 Å². The molecule has 0 spiro atoms. The standard InChI is InChI=1S/C36H61N5O10/c1-13-27-36(9)29(41(34(45)51-36)17-15-14-16-38-39-37)25(7)48-31(43)20(2)19-35(8,46-12)30(23(5)28(42)24(6)32(44)49-27)50-33-22(4)26(40(10)11)18-21(3)47-33/h20-27,29-30,33H,13-19H2,1-12H3/t20-,21?,22?,23+,24-,25-,26?,27-,29-,30-,33?,35-,36-/m1/s1. The minimum atomic E-state index is -1.43. The van der Waals surface area contributed by atoms with Crippen molar-refractivity contribution in [2.24, 2.45) is 28.8 Å². The molecule has 4 unspecified atom stereocenters. The third-order valence-corrected chi connectivity index (χ3v) is 11.2. The van der Waals surface area contributed by atoms with Crippen LogP contribution in [-0.4, -0.2) is 122 Å². The molecule has 3 aliphatic rings. The van der Waals surface area contributed by atoms with Gasteiger partial charge in [-0.1, -0.05) is 32.8 Å². The molecule has 1 amide bonds. The lowest BCUT2D eigenvalue weighted by atomic mass is 9.78. The third kappa shape index (κ3) is 9.34. The first-order valence-electron chi connectivity index (χ1n) is 18.3. The molecule has 0 aromatic carbocycles. The molecule has 0 aromatic rings. The Bertz CT molecular complexity index is 1290. The number of azide groups is 1. The van der Waals surface area contributed by atoms with E-state index in [0.717, 1.165) is 6.42 Å². The zero-order valence-electron chi connectivity index (χ0n) is 32.6. The highest BCUT2D eigenvalue weighted by Crippen LogP contribution is 2.41. The number of rotatable bonds is 10. The summed E-state index contributed by atoms with van der Waals surface area (Å²) in [4.78, 5) is 61.8. The molecule has 3 saturated heterocycles. The summed E-state index contributed by atoms with van der Waals surface area (Å²) in [7, 11) is 5.53. The van der Waals surface area contributed by atoms with Crippen LogP contribution in [0.2, 0.25) is 0 Å². The number of ether oxygens (including phenoxy) is 6. The summed E-state index contributed by atoms with van der Waals surface area (Å²) in [6, 6.07) is -0.688. The number of nitrogens with zero attached hydrogens (tertiary/aromatic N) is 5. The maximum absolute atomic E-state index is 14.3. The molecule has 3 aliphatic heterocycles. The van der Waals surface area contributed by atoms with Crippen LogP contribution in [0, 0.1) is 23.7 Å². The molecule has 0 bridgehead atoms. The number of cyclic esters (lactones) is 2. The summed E-state index contributed by atoms with van der Waals surface area (Å²) in [5, 5.41) is 3.57. The monoisotopic (exact) mass is 723 g/mol. The molecule has 15 nitrogen and oxygen atoms in total. The molecule has 290 valence electrons. The topological polar surface area (TPSA) is 179 Å². The largest absolute Gasteiger partial charge is 0.460 e. The zero-order valence-corrected chi connectivity index (χ0v) is 32.6. The number of hydrogen-bond acceptors (Lipinski definition) is 12. The number of ketones is 1. The number of methoxy groups -OCH3 is 1. The van der Waals surface area contributed by atoms with Gasteiger partial charge in [0.15, 0.2) is 17.7 Å². The van der Waals surface area contributed by atoms with E-state index in [2.05, 4.69) is 14.9 Å². The van der Waals surface area contributed by atoms with Gasteiger partial charge in [-0.2, -0.15) is 0 Å². The number of carbonyl (C=O) groups is 4. The Hall–Kier alpha value is -2.97. The minimum absolute atomic E-state index is 0.0722. The molecule has 3 heterocycles. The second kappa shape index (κ2) is 17.7. The number of fused-ring (bicyclic) bond motifs is 1. The van der Waals surface area contributed by atoms with Crippen LogP contribution in [0.3, 0.4) is 0 Å². The summed E-state index contributed by atoms with van der Waals surface area (Å²) in [6.07, 6.45) is -2.06. The molecule has 0 N–H and O–H groups in total. The van der Waals surface area contributed by atoms with Gasteiger partial charge >= 0.3 is 18.0 Å². The van der Waals surface area contributed by atoms with Crippen LogP contribution < -0.4 is 0 Å². The van der Waals surface area contributed by atoms with E-state index in [-0.39, 0.29) is 44.0 Å². The predicted molar refractivity (Wildman–Crippen MR) is 187 cm³/mol. The van der Waals surface area contributed by atoms with E-state index >= 15 is 0 Å². The maximum Gasteiger partial charge on any atom is 0.411 e. The first-order chi connectivity index (χ1) is 23.9. The second-order valence-electron chi connectivity index (χ2n) is 15.4. The molecule has 13 atom stereocenters. The van der Waals surface area contributed by atoms with E-state index in [1.165, 1.54) is 18.9 Å². The van der Waals surface area contributed by atoms with Gasteiger partial charge < -0.3 is 33.3 Å². The molecular formula is C36H61N5O10. The number of carbonyl (C=O) groups excluding carboxylic acids is 4. The van der Waals surface area contributed by atoms with Crippen LogP contribution in [0.4, 0.5) is 4.79 Å². The molecule has 51 heavy (non-hydrogen) atoms. The Labute approximate surface area is 302 Å². The lowest BCUT2D eigenvalue weighted by molar-refractivity contribution is -0.280. The molecule has 0 radical (unpaired) electrons. The van der Waals surface area contributed by atoms with E-state index in [1.54, 1.807) is 41.5 Å². The van der Waals surface area contributed by atoms with Gasteiger partial charge in [0.2, 0.25) is 0 Å². The highest BCUT2D eigenvalue weighted by molar-refractivity contribution is 6.00. The quantitative estimate of drug-likeness (QED) is 0.0544. The number of unbranched alkanes of at least 4 members (excludes halogenated alkanes) is 1. The molecule has 0 aliphatic carbocycles. The van der Waals surface area contributed by atoms with Gasteiger partial charge in [0, 0.05) is 43.0 Å². The Morgan fingerprint density at radius 3 is 2.27 bits per heavy atom. The van der Waals surface area contributed by atoms with Crippen molar-refractivity contribution in [2.75, 3.05) is 34.3 Å². The lowest BCUT2D eigenvalue weighted by Crippen LogP contribution is -2.58. The van der Waals surface area contributed by atoms with Crippen molar-refractivity contribution >= 4 is 23.8 Å². The van der Waals surface area contributed by atoms with E-state index < -0.39 is 83.4 Å². The third-order valence-electron chi connectivity index (χ3n) is 11.2. The molecule has 3 fully saturated rings. The van der Waals surface area contributed by atoms with Crippen molar-refractivity contribution in [3.05, 3.63) is 10.4 Å². The number of Topliss-reactive ketones (excluding diaryl/α,β-unsaturated/α-hetero) is 1. The fraction of sp³-hybridized carbons (Fsp3) is 0.889. The summed E-state index contributed by atoms with van der Waals surface area (Å²) in [5.41, 5.74) is 6.01. The van der Waals surface area contributed by atoms with Crippen LogP contribution >= 0.6 is 0 Å². The van der Waals surface area contributed by atoms with E-state index in [1.807, 2.05) is 27.9 Å². The average molecular weight is 724 g/mol. The number of hydrogen-bond donors (Lipinski definition) is 0. The van der Waals surface area contributed by atoms with Crippen molar-refractivity contribution in [2.45, 2.75) is 148 Å². The van der Waals surface area contributed by atoms with Gasteiger partial charge in [0.05, 0.1) is 23.7 Å².